The predicted octanol–water partition coefficient (Wildman–Crippen LogP) is 1.32. The van der Waals surface area contributed by atoms with E-state index in [-0.39, 0.29) is 17.9 Å². The fraction of sp³-hybridized carbons (Fsp3) is 0.462. The van der Waals surface area contributed by atoms with Crippen molar-refractivity contribution in [2.45, 2.75) is 19.9 Å². The molecular formula is C13H18N2O2. The summed E-state index contributed by atoms with van der Waals surface area (Å²) in [5.41, 5.74) is 8.52. The SMILES string of the molecule is CCOC(=O)C1CNNC1c1ccccc1C. The van der Waals surface area contributed by atoms with Crippen molar-refractivity contribution in [2.75, 3.05) is 13.2 Å². The van der Waals surface area contributed by atoms with Crippen LogP contribution in [-0.2, 0) is 9.53 Å². The molecule has 2 rings (SSSR count). The van der Waals surface area contributed by atoms with Gasteiger partial charge < -0.3 is 4.74 Å². The van der Waals surface area contributed by atoms with Crippen LogP contribution in [0.25, 0.3) is 0 Å². The molecule has 1 saturated heterocycles. The highest BCUT2D eigenvalue weighted by molar-refractivity contribution is 5.74. The third-order valence-electron chi connectivity index (χ3n) is 3.09. The van der Waals surface area contributed by atoms with Gasteiger partial charge in [-0.25, -0.2) is 5.43 Å². The van der Waals surface area contributed by atoms with Gasteiger partial charge in [0.1, 0.15) is 0 Å². The summed E-state index contributed by atoms with van der Waals surface area (Å²) in [7, 11) is 0. The van der Waals surface area contributed by atoms with Crippen molar-refractivity contribution in [1.82, 2.24) is 10.9 Å². The highest BCUT2D eigenvalue weighted by atomic mass is 16.5. The Hall–Kier alpha value is -1.39. The first-order valence-electron chi connectivity index (χ1n) is 5.94. The average molecular weight is 234 g/mol. The van der Waals surface area contributed by atoms with Crippen molar-refractivity contribution >= 4 is 5.97 Å². The number of benzene rings is 1. The second-order valence-corrected chi connectivity index (χ2v) is 4.22. The topological polar surface area (TPSA) is 50.4 Å². The third-order valence-corrected chi connectivity index (χ3v) is 3.09. The molecule has 2 N–H and O–H groups in total. The van der Waals surface area contributed by atoms with Crippen LogP contribution in [0.5, 0.6) is 0 Å². The number of ether oxygens (including phenoxy) is 1. The van der Waals surface area contributed by atoms with E-state index in [9.17, 15) is 4.79 Å². The van der Waals surface area contributed by atoms with Crippen LogP contribution < -0.4 is 10.9 Å². The number of hydrogen-bond acceptors (Lipinski definition) is 4. The van der Waals surface area contributed by atoms with E-state index in [1.807, 2.05) is 25.1 Å². The van der Waals surface area contributed by atoms with Gasteiger partial charge >= 0.3 is 5.97 Å². The first kappa shape index (κ1) is 12.1. The second kappa shape index (κ2) is 5.29. The summed E-state index contributed by atoms with van der Waals surface area (Å²) < 4.78 is 5.10. The average Bonchev–Trinajstić information content (AvgIpc) is 2.79. The molecule has 0 amide bonds. The number of rotatable bonds is 3. The molecule has 0 aliphatic carbocycles. The highest BCUT2D eigenvalue weighted by Crippen LogP contribution is 2.27. The summed E-state index contributed by atoms with van der Waals surface area (Å²) in [4.78, 5) is 11.8. The monoisotopic (exact) mass is 234 g/mol. The van der Waals surface area contributed by atoms with Gasteiger partial charge in [0.05, 0.1) is 18.6 Å². The maximum atomic E-state index is 11.8. The lowest BCUT2D eigenvalue weighted by molar-refractivity contribution is -0.147. The van der Waals surface area contributed by atoms with Gasteiger partial charge in [0.2, 0.25) is 0 Å². The summed E-state index contributed by atoms with van der Waals surface area (Å²) >= 11 is 0. The van der Waals surface area contributed by atoms with Crippen molar-refractivity contribution in [2.24, 2.45) is 5.92 Å². The first-order chi connectivity index (χ1) is 8.24. The fourth-order valence-corrected chi connectivity index (χ4v) is 2.20. The van der Waals surface area contributed by atoms with Crippen molar-refractivity contribution < 1.29 is 9.53 Å². The Morgan fingerprint density at radius 1 is 1.47 bits per heavy atom. The van der Waals surface area contributed by atoms with Crippen LogP contribution in [-0.4, -0.2) is 19.1 Å². The molecule has 1 fully saturated rings. The normalized spacial score (nSPS) is 23.6. The van der Waals surface area contributed by atoms with Crippen molar-refractivity contribution in [1.29, 1.82) is 0 Å². The lowest BCUT2D eigenvalue weighted by Crippen LogP contribution is -2.27. The van der Waals surface area contributed by atoms with Gasteiger partial charge in [0, 0.05) is 6.54 Å². The van der Waals surface area contributed by atoms with Crippen LogP contribution in [0.4, 0.5) is 0 Å². The molecule has 0 radical (unpaired) electrons. The van der Waals surface area contributed by atoms with Crippen molar-refractivity contribution in [3.63, 3.8) is 0 Å². The van der Waals surface area contributed by atoms with Crippen LogP contribution in [0.3, 0.4) is 0 Å². The van der Waals surface area contributed by atoms with Gasteiger partial charge in [0.25, 0.3) is 0 Å². The highest BCUT2D eigenvalue weighted by Gasteiger charge is 2.35. The Balaban J connectivity index is 2.20. The van der Waals surface area contributed by atoms with Gasteiger partial charge in [-0.1, -0.05) is 24.3 Å². The van der Waals surface area contributed by atoms with Crippen LogP contribution in [0.2, 0.25) is 0 Å². The second-order valence-electron chi connectivity index (χ2n) is 4.22. The van der Waals surface area contributed by atoms with E-state index in [1.165, 1.54) is 5.56 Å². The standard InChI is InChI=1S/C13H18N2O2/c1-3-17-13(16)11-8-14-15-12(11)10-7-5-4-6-9(10)2/h4-7,11-12,14-15H,3,8H2,1-2H3. The number of esters is 1. The van der Waals surface area contributed by atoms with Gasteiger partial charge in [0.15, 0.2) is 0 Å². The molecule has 2 unspecified atom stereocenters. The molecule has 0 spiro atoms. The molecule has 1 heterocycles. The van der Waals surface area contributed by atoms with Crippen LogP contribution in [0, 0.1) is 12.8 Å². The molecule has 1 aromatic rings. The molecule has 17 heavy (non-hydrogen) atoms. The predicted molar refractivity (Wildman–Crippen MR) is 65.2 cm³/mol. The summed E-state index contributed by atoms with van der Waals surface area (Å²) in [5.74, 6) is -0.297. The largest absolute Gasteiger partial charge is 0.466 e. The lowest BCUT2D eigenvalue weighted by atomic mass is 9.92. The van der Waals surface area contributed by atoms with Gasteiger partial charge in [-0.2, -0.15) is 0 Å². The Morgan fingerprint density at radius 2 is 2.24 bits per heavy atom. The van der Waals surface area contributed by atoms with E-state index in [0.717, 1.165) is 5.56 Å². The van der Waals surface area contributed by atoms with Crippen molar-refractivity contribution in [3.05, 3.63) is 35.4 Å². The first-order valence-corrected chi connectivity index (χ1v) is 5.94. The number of carbonyl (C=O) groups is 1. The molecule has 1 aromatic carbocycles. The molecule has 4 heteroatoms. The maximum absolute atomic E-state index is 11.8. The number of carbonyl (C=O) groups excluding carboxylic acids is 1. The summed E-state index contributed by atoms with van der Waals surface area (Å²) in [6.45, 7) is 4.92. The zero-order valence-electron chi connectivity index (χ0n) is 10.2. The fourth-order valence-electron chi connectivity index (χ4n) is 2.20. The Morgan fingerprint density at radius 3 is 2.94 bits per heavy atom. The van der Waals surface area contributed by atoms with Crippen LogP contribution >= 0.6 is 0 Å². The molecule has 0 aromatic heterocycles. The number of nitrogens with one attached hydrogen (secondary N) is 2. The van der Waals surface area contributed by atoms with Crippen LogP contribution in [0.15, 0.2) is 24.3 Å². The molecule has 0 saturated carbocycles. The van der Waals surface area contributed by atoms with E-state index in [4.69, 9.17) is 4.74 Å². The van der Waals surface area contributed by atoms with E-state index in [0.29, 0.717) is 13.2 Å². The molecule has 4 nitrogen and oxygen atoms in total. The van der Waals surface area contributed by atoms with E-state index in [1.54, 1.807) is 0 Å². The molecule has 92 valence electrons. The Bertz CT molecular complexity index is 406. The lowest BCUT2D eigenvalue weighted by Gasteiger charge is -2.19. The van der Waals surface area contributed by atoms with E-state index < -0.39 is 0 Å². The van der Waals surface area contributed by atoms with Crippen molar-refractivity contribution in [3.8, 4) is 0 Å². The molecule has 1 aliphatic heterocycles. The number of hydrazine groups is 1. The minimum absolute atomic E-state index is 0.00440. The zero-order valence-corrected chi connectivity index (χ0v) is 10.2. The van der Waals surface area contributed by atoms with Gasteiger partial charge in [-0.05, 0) is 25.0 Å². The molecule has 0 bridgehead atoms. The third kappa shape index (κ3) is 2.48. The molecule has 2 atom stereocenters. The quantitative estimate of drug-likeness (QED) is 0.775. The van der Waals surface area contributed by atoms with E-state index in [2.05, 4.69) is 23.8 Å². The van der Waals surface area contributed by atoms with E-state index >= 15 is 0 Å². The summed E-state index contributed by atoms with van der Waals surface area (Å²) in [6.07, 6.45) is 0. The Labute approximate surface area is 101 Å². The Kier molecular flexibility index (Phi) is 3.76. The minimum Gasteiger partial charge on any atom is -0.466 e. The molecular weight excluding hydrogens is 216 g/mol. The summed E-state index contributed by atoms with van der Waals surface area (Å²) in [5, 5.41) is 0. The van der Waals surface area contributed by atoms with Gasteiger partial charge in [-0.15, -0.1) is 0 Å². The van der Waals surface area contributed by atoms with Crippen LogP contribution in [0.1, 0.15) is 24.1 Å². The number of hydrogen-bond donors (Lipinski definition) is 2. The van der Waals surface area contributed by atoms with Gasteiger partial charge in [-0.3, -0.25) is 10.2 Å². The maximum Gasteiger partial charge on any atom is 0.312 e. The number of aryl methyl sites for hydroxylation is 1. The smallest absolute Gasteiger partial charge is 0.312 e. The summed E-state index contributed by atoms with van der Waals surface area (Å²) in [6, 6.07) is 8.09. The minimum atomic E-state index is -0.156. The zero-order chi connectivity index (χ0) is 12.3. The molecule has 1 aliphatic rings.